The van der Waals surface area contributed by atoms with E-state index in [0.717, 1.165) is 0 Å². The molecule has 2 rings (SSSR count). The van der Waals surface area contributed by atoms with Gasteiger partial charge in [-0.2, -0.15) is 5.26 Å². The van der Waals surface area contributed by atoms with E-state index in [4.69, 9.17) is 10.00 Å². The lowest BCUT2D eigenvalue weighted by Gasteiger charge is -2.17. The van der Waals surface area contributed by atoms with Crippen LogP contribution < -0.4 is 10.1 Å². The van der Waals surface area contributed by atoms with Crippen LogP contribution in [0, 0.1) is 16.7 Å². The molecule has 0 atom stereocenters. The standard InChI is InChI=1S/C19H18N2O3/c1-19(2,3)18(23)21-15-9-6-8-13(11-15)17(22)24-16-10-5-4-7-14(16)12-20/h4-11H,1-3H3,(H,21,23). The highest BCUT2D eigenvalue weighted by Gasteiger charge is 2.21. The van der Waals surface area contributed by atoms with Gasteiger partial charge in [0.1, 0.15) is 11.8 Å². The lowest BCUT2D eigenvalue weighted by Crippen LogP contribution is -2.27. The zero-order valence-corrected chi connectivity index (χ0v) is 13.8. The van der Waals surface area contributed by atoms with E-state index >= 15 is 0 Å². The fourth-order valence-corrected chi connectivity index (χ4v) is 1.85. The summed E-state index contributed by atoms with van der Waals surface area (Å²) in [6, 6.07) is 15.0. The van der Waals surface area contributed by atoms with Gasteiger partial charge < -0.3 is 10.1 Å². The summed E-state index contributed by atoms with van der Waals surface area (Å²) in [6.45, 7) is 5.41. The van der Waals surface area contributed by atoms with Gasteiger partial charge in [-0.3, -0.25) is 4.79 Å². The molecule has 0 bridgehead atoms. The Hall–Kier alpha value is -3.13. The first-order valence-corrected chi connectivity index (χ1v) is 7.44. The number of para-hydroxylation sites is 1. The number of esters is 1. The number of rotatable bonds is 3. The van der Waals surface area contributed by atoms with E-state index in [9.17, 15) is 9.59 Å². The molecule has 5 nitrogen and oxygen atoms in total. The number of ether oxygens (including phenoxy) is 1. The summed E-state index contributed by atoms with van der Waals surface area (Å²) in [5.41, 5.74) is 0.540. The summed E-state index contributed by atoms with van der Waals surface area (Å²) in [5, 5.41) is 11.8. The van der Waals surface area contributed by atoms with Crippen LogP contribution in [0.25, 0.3) is 0 Å². The molecular weight excluding hydrogens is 304 g/mol. The van der Waals surface area contributed by atoms with Gasteiger partial charge in [-0.1, -0.05) is 39.0 Å². The van der Waals surface area contributed by atoms with Crippen LogP contribution >= 0.6 is 0 Å². The Balaban J connectivity index is 2.18. The monoisotopic (exact) mass is 322 g/mol. The van der Waals surface area contributed by atoms with Crippen molar-refractivity contribution in [3.8, 4) is 11.8 Å². The van der Waals surface area contributed by atoms with Crippen LogP contribution in [0.15, 0.2) is 48.5 Å². The van der Waals surface area contributed by atoms with Crippen molar-refractivity contribution < 1.29 is 14.3 Å². The van der Waals surface area contributed by atoms with Gasteiger partial charge in [0.2, 0.25) is 5.91 Å². The Bertz CT molecular complexity index is 814. The van der Waals surface area contributed by atoms with Crippen LogP contribution in [0.2, 0.25) is 0 Å². The second-order valence-electron chi connectivity index (χ2n) is 6.28. The van der Waals surface area contributed by atoms with Crippen molar-refractivity contribution in [2.75, 3.05) is 5.32 Å². The number of benzene rings is 2. The predicted molar refractivity (Wildman–Crippen MR) is 90.6 cm³/mol. The fourth-order valence-electron chi connectivity index (χ4n) is 1.85. The Morgan fingerprint density at radius 3 is 2.46 bits per heavy atom. The van der Waals surface area contributed by atoms with E-state index in [1.807, 2.05) is 6.07 Å². The lowest BCUT2D eigenvalue weighted by molar-refractivity contribution is -0.123. The number of nitriles is 1. The molecule has 0 heterocycles. The molecule has 0 saturated carbocycles. The first-order valence-electron chi connectivity index (χ1n) is 7.44. The largest absolute Gasteiger partial charge is 0.422 e. The third kappa shape index (κ3) is 4.20. The topological polar surface area (TPSA) is 79.2 Å². The molecule has 0 radical (unpaired) electrons. The molecule has 0 aliphatic rings. The Morgan fingerprint density at radius 1 is 1.08 bits per heavy atom. The third-order valence-corrected chi connectivity index (χ3v) is 3.25. The minimum atomic E-state index is -0.593. The smallest absolute Gasteiger partial charge is 0.343 e. The summed E-state index contributed by atoms with van der Waals surface area (Å²) in [4.78, 5) is 24.3. The molecule has 5 heteroatoms. The van der Waals surface area contributed by atoms with Crippen LogP contribution in [0.3, 0.4) is 0 Å². The lowest BCUT2D eigenvalue weighted by atomic mass is 9.95. The second kappa shape index (κ2) is 6.97. The molecule has 1 N–H and O–H groups in total. The van der Waals surface area contributed by atoms with Crippen molar-refractivity contribution >= 4 is 17.6 Å². The molecule has 0 spiro atoms. The Morgan fingerprint density at radius 2 is 1.79 bits per heavy atom. The fraction of sp³-hybridized carbons (Fsp3) is 0.211. The van der Waals surface area contributed by atoms with Crippen molar-refractivity contribution in [3.05, 3.63) is 59.7 Å². The maximum atomic E-state index is 12.3. The first kappa shape index (κ1) is 17.2. The summed E-state index contributed by atoms with van der Waals surface area (Å²) >= 11 is 0. The van der Waals surface area contributed by atoms with Crippen LogP contribution in [0.1, 0.15) is 36.7 Å². The van der Waals surface area contributed by atoms with Crippen LogP contribution in [-0.2, 0) is 4.79 Å². The van der Waals surface area contributed by atoms with Crippen molar-refractivity contribution in [2.24, 2.45) is 5.41 Å². The maximum absolute atomic E-state index is 12.3. The highest BCUT2D eigenvalue weighted by molar-refractivity contribution is 5.97. The number of carbonyl (C=O) groups is 2. The number of hydrogen-bond acceptors (Lipinski definition) is 4. The molecular formula is C19H18N2O3. The molecule has 24 heavy (non-hydrogen) atoms. The SMILES string of the molecule is CC(C)(C)C(=O)Nc1cccc(C(=O)Oc2ccccc2C#N)c1. The van der Waals surface area contributed by atoms with Gasteiger partial charge in [-0.05, 0) is 30.3 Å². The molecule has 0 saturated heterocycles. The van der Waals surface area contributed by atoms with Crippen LogP contribution in [-0.4, -0.2) is 11.9 Å². The maximum Gasteiger partial charge on any atom is 0.343 e. The first-order chi connectivity index (χ1) is 11.3. The molecule has 122 valence electrons. The summed E-state index contributed by atoms with van der Waals surface area (Å²) in [6.07, 6.45) is 0. The normalized spacial score (nSPS) is 10.6. The average Bonchev–Trinajstić information content (AvgIpc) is 2.54. The molecule has 2 aromatic rings. The summed E-state index contributed by atoms with van der Waals surface area (Å²) in [7, 11) is 0. The number of carbonyl (C=O) groups excluding carboxylic acids is 2. The summed E-state index contributed by atoms with van der Waals surface area (Å²) < 4.78 is 5.28. The van der Waals surface area contributed by atoms with E-state index in [0.29, 0.717) is 5.69 Å². The zero-order chi connectivity index (χ0) is 17.7. The van der Waals surface area contributed by atoms with E-state index in [1.54, 1.807) is 69.3 Å². The Kier molecular flexibility index (Phi) is 5.00. The number of anilines is 1. The zero-order valence-electron chi connectivity index (χ0n) is 13.8. The average molecular weight is 322 g/mol. The van der Waals surface area contributed by atoms with Crippen molar-refractivity contribution in [1.82, 2.24) is 0 Å². The third-order valence-electron chi connectivity index (χ3n) is 3.25. The van der Waals surface area contributed by atoms with Gasteiger partial charge in [-0.25, -0.2) is 4.79 Å². The highest BCUT2D eigenvalue weighted by atomic mass is 16.5. The molecule has 0 unspecified atom stereocenters. The van der Waals surface area contributed by atoms with E-state index in [-0.39, 0.29) is 22.8 Å². The molecule has 2 aromatic carbocycles. The van der Waals surface area contributed by atoms with Crippen LogP contribution in [0.4, 0.5) is 5.69 Å². The van der Waals surface area contributed by atoms with E-state index in [2.05, 4.69) is 5.32 Å². The van der Waals surface area contributed by atoms with Crippen molar-refractivity contribution in [2.45, 2.75) is 20.8 Å². The molecule has 0 aliphatic carbocycles. The van der Waals surface area contributed by atoms with Gasteiger partial charge in [0.25, 0.3) is 0 Å². The quantitative estimate of drug-likeness (QED) is 0.689. The predicted octanol–water partition coefficient (Wildman–Crippen LogP) is 3.76. The minimum Gasteiger partial charge on any atom is -0.422 e. The van der Waals surface area contributed by atoms with Gasteiger partial charge in [0.15, 0.2) is 0 Å². The second-order valence-corrected chi connectivity index (χ2v) is 6.28. The number of nitrogens with zero attached hydrogens (tertiary/aromatic N) is 1. The molecule has 0 fully saturated rings. The number of amides is 1. The minimum absolute atomic E-state index is 0.150. The molecule has 1 amide bonds. The van der Waals surface area contributed by atoms with Gasteiger partial charge >= 0.3 is 5.97 Å². The van der Waals surface area contributed by atoms with Gasteiger partial charge in [-0.15, -0.1) is 0 Å². The summed E-state index contributed by atoms with van der Waals surface area (Å²) in [5.74, 6) is -0.540. The van der Waals surface area contributed by atoms with Crippen LogP contribution in [0.5, 0.6) is 5.75 Å². The van der Waals surface area contributed by atoms with E-state index < -0.39 is 11.4 Å². The molecule has 0 aromatic heterocycles. The highest BCUT2D eigenvalue weighted by Crippen LogP contribution is 2.21. The van der Waals surface area contributed by atoms with Crippen molar-refractivity contribution in [3.63, 3.8) is 0 Å². The van der Waals surface area contributed by atoms with E-state index in [1.165, 1.54) is 0 Å². The van der Waals surface area contributed by atoms with Gasteiger partial charge in [0, 0.05) is 11.1 Å². The number of hydrogen-bond donors (Lipinski definition) is 1. The van der Waals surface area contributed by atoms with Crippen molar-refractivity contribution in [1.29, 1.82) is 5.26 Å². The number of nitrogens with one attached hydrogen (secondary N) is 1. The van der Waals surface area contributed by atoms with Gasteiger partial charge in [0.05, 0.1) is 11.1 Å². The Labute approximate surface area is 140 Å². The molecule has 0 aliphatic heterocycles.